The van der Waals surface area contributed by atoms with Gasteiger partial charge in [-0.15, -0.1) is 0 Å². The van der Waals surface area contributed by atoms with Crippen molar-refractivity contribution in [1.82, 2.24) is 15.5 Å². The second-order valence-corrected chi connectivity index (χ2v) is 5.83. The van der Waals surface area contributed by atoms with Gasteiger partial charge in [0.1, 0.15) is 11.4 Å². The summed E-state index contributed by atoms with van der Waals surface area (Å²) >= 11 is 0. The summed E-state index contributed by atoms with van der Waals surface area (Å²) in [6.45, 7) is 4.07. The standard InChI is InChI=1S/C15H26N4O2/c1-15(20,13-7-5-9-21-13)11-18-14(16-2)17-10-12-6-4-8-19(12)3/h5,7,9,12,20H,4,6,8,10-11H2,1-3H3,(H2,16,17,18). The summed E-state index contributed by atoms with van der Waals surface area (Å²) in [7, 11) is 3.88. The first-order valence-electron chi connectivity index (χ1n) is 7.44. The molecule has 0 aliphatic carbocycles. The van der Waals surface area contributed by atoms with Gasteiger partial charge in [0.25, 0.3) is 0 Å². The van der Waals surface area contributed by atoms with E-state index in [9.17, 15) is 5.11 Å². The van der Waals surface area contributed by atoms with E-state index < -0.39 is 5.60 Å². The van der Waals surface area contributed by atoms with Gasteiger partial charge in [0.05, 0.1) is 12.8 Å². The zero-order chi connectivity index (χ0) is 15.3. The first kappa shape index (κ1) is 15.9. The van der Waals surface area contributed by atoms with Gasteiger partial charge in [-0.25, -0.2) is 0 Å². The number of hydrogen-bond donors (Lipinski definition) is 3. The monoisotopic (exact) mass is 294 g/mol. The molecule has 21 heavy (non-hydrogen) atoms. The molecule has 2 atom stereocenters. The second-order valence-electron chi connectivity index (χ2n) is 5.83. The Labute approximate surface area is 126 Å². The fraction of sp³-hybridized carbons (Fsp3) is 0.667. The van der Waals surface area contributed by atoms with Crippen molar-refractivity contribution in [2.45, 2.75) is 31.4 Å². The SMILES string of the molecule is CN=C(NCC1CCCN1C)NCC(C)(O)c1ccco1. The van der Waals surface area contributed by atoms with Gasteiger partial charge in [-0.2, -0.15) is 0 Å². The van der Waals surface area contributed by atoms with E-state index in [1.165, 1.54) is 12.8 Å². The molecular weight excluding hydrogens is 268 g/mol. The van der Waals surface area contributed by atoms with Crippen molar-refractivity contribution >= 4 is 5.96 Å². The maximum absolute atomic E-state index is 10.4. The van der Waals surface area contributed by atoms with E-state index in [4.69, 9.17) is 4.42 Å². The molecule has 1 aromatic rings. The predicted octanol–water partition coefficient (Wildman–Crippen LogP) is 0.746. The summed E-state index contributed by atoms with van der Waals surface area (Å²) in [4.78, 5) is 6.55. The highest BCUT2D eigenvalue weighted by Gasteiger charge is 2.26. The third-order valence-electron chi connectivity index (χ3n) is 4.05. The van der Waals surface area contributed by atoms with Crippen molar-refractivity contribution < 1.29 is 9.52 Å². The highest BCUT2D eigenvalue weighted by Crippen LogP contribution is 2.19. The van der Waals surface area contributed by atoms with Crippen molar-refractivity contribution in [1.29, 1.82) is 0 Å². The lowest BCUT2D eigenvalue weighted by Gasteiger charge is -2.24. The Kier molecular flexibility index (Phi) is 5.25. The van der Waals surface area contributed by atoms with Crippen LogP contribution in [0.3, 0.4) is 0 Å². The molecule has 0 aromatic carbocycles. The van der Waals surface area contributed by atoms with Gasteiger partial charge >= 0.3 is 0 Å². The minimum absolute atomic E-state index is 0.334. The van der Waals surface area contributed by atoms with E-state index >= 15 is 0 Å². The predicted molar refractivity (Wildman–Crippen MR) is 83.3 cm³/mol. The highest BCUT2D eigenvalue weighted by atomic mass is 16.4. The number of rotatable bonds is 5. The van der Waals surface area contributed by atoms with Gasteiger partial charge in [-0.3, -0.25) is 4.99 Å². The van der Waals surface area contributed by atoms with Crippen LogP contribution in [0.4, 0.5) is 0 Å². The van der Waals surface area contributed by atoms with Gasteiger partial charge in [0.2, 0.25) is 0 Å². The average Bonchev–Trinajstić information content (AvgIpc) is 3.11. The van der Waals surface area contributed by atoms with Gasteiger partial charge in [-0.1, -0.05) is 0 Å². The molecule has 2 rings (SSSR count). The highest BCUT2D eigenvalue weighted by molar-refractivity contribution is 5.79. The summed E-state index contributed by atoms with van der Waals surface area (Å²) in [6.07, 6.45) is 4.03. The molecule has 118 valence electrons. The molecule has 0 radical (unpaired) electrons. The summed E-state index contributed by atoms with van der Waals surface area (Å²) in [5.41, 5.74) is -1.06. The van der Waals surface area contributed by atoms with Gasteiger partial charge in [0, 0.05) is 19.6 Å². The van der Waals surface area contributed by atoms with Crippen LogP contribution in [0.2, 0.25) is 0 Å². The zero-order valence-corrected chi connectivity index (χ0v) is 13.1. The van der Waals surface area contributed by atoms with Crippen molar-refractivity contribution in [2.24, 2.45) is 4.99 Å². The average molecular weight is 294 g/mol. The fourth-order valence-corrected chi connectivity index (χ4v) is 2.60. The molecule has 0 saturated carbocycles. The first-order valence-corrected chi connectivity index (χ1v) is 7.44. The molecule has 0 bridgehead atoms. The van der Waals surface area contributed by atoms with Crippen molar-refractivity contribution in [3.05, 3.63) is 24.2 Å². The van der Waals surface area contributed by atoms with E-state index in [2.05, 4.69) is 27.6 Å². The second kappa shape index (κ2) is 6.95. The van der Waals surface area contributed by atoms with Crippen LogP contribution in [0.15, 0.2) is 27.8 Å². The molecule has 6 nitrogen and oxygen atoms in total. The Balaban J connectivity index is 1.80. The molecule has 2 unspecified atom stereocenters. The van der Waals surface area contributed by atoms with Crippen LogP contribution in [-0.4, -0.2) is 55.7 Å². The molecule has 6 heteroatoms. The van der Waals surface area contributed by atoms with Crippen LogP contribution in [0.1, 0.15) is 25.5 Å². The number of aliphatic hydroxyl groups is 1. The largest absolute Gasteiger partial charge is 0.466 e. The Morgan fingerprint density at radius 2 is 2.38 bits per heavy atom. The van der Waals surface area contributed by atoms with Crippen LogP contribution in [0.5, 0.6) is 0 Å². The molecule has 1 aliphatic heterocycles. The van der Waals surface area contributed by atoms with Crippen LogP contribution in [0, 0.1) is 0 Å². The van der Waals surface area contributed by atoms with Gasteiger partial charge in [-0.05, 0) is 45.5 Å². The molecule has 1 aliphatic rings. The topological polar surface area (TPSA) is 73.0 Å². The number of likely N-dealkylation sites (N-methyl/N-ethyl adjacent to an activating group) is 1. The van der Waals surface area contributed by atoms with E-state index in [0.717, 1.165) is 13.1 Å². The Hall–Kier alpha value is -1.53. The Bertz CT molecular complexity index is 456. The third kappa shape index (κ3) is 4.22. The lowest BCUT2D eigenvalue weighted by atomic mass is 10.0. The van der Waals surface area contributed by atoms with Gasteiger partial charge in [0.15, 0.2) is 5.96 Å². The number of furan rings is 1. The number of nitrogens with one attached hydrogen (secondary N) is 2. The van der Waals surface area contributed by atoms with Crippen LogP contribution >= 0.6 is 0 Å². The molecular formula is C15H26N4O2. The van der Waals surface area contributed by atoms with Gasteiger partial charge < -0.3 is 25.1 Å². The molecule has 2 heterocycles. The minimum atomic E-state index is -1.06. The third-order valence-corrected chi connectivity index (χ3v) is 4.05. The lowest BCUT2D eigenvalue weighted by molar-refractivity contribution is 0.0385. The number of hydrogen-bond acceptors (Lipinski definition) is 4. The zero-order valence-electron chi connectivity index (χ0n) is 13.1. The van der Waals surface area contributed by atoms with Crippen LogP contribution in [0.25, 0.3) is 0 Å². The van der Waals surface area contributed by atoms with E-state index in [1.54, 1.807) is 32.4 Å². The molecule has 0 spiro atoms. The summed E-state index contributed by atoms with van der Waals surface area (Å²) < 4.78 is 5.26. The molecule has 1 fully saturated rings. The molecule has 1 aromatic heterocycles. The fourth-order valence-electron chi connectivity index (χ4n) is 2.60. The summed E-state index contributed by atoms with van der Waals surface area (Å²) in [6, 6.07) is 4.09. The summed E-state index contributed by atoms with van der Waals surface area (Å²) in [5, 5.41) is 16.9. The van der Waals surface area contributed by atoms with E-state index in [-0.39, 0.29) is 0 Å². The smallest absolute Gasteiger partial charge is 0.191 e. The Morgan fingerprint density at radius 3 is 2.95 bits per heavy atom. The number of aliphatic imine (C=N–C) groups is 1. The van der Waals surface area contributed by atoms with Crippen LogP contribution < -0.4 is 10.6 Å². The quantitative estimate of drug-likeness (QED) is 0.552. The number of nitrogens with zero attached hydrogens (tertiary/aromatic N) is 2. The maximum atomic E-state index is 10.4. The maximum Gasteiger partial charge on any atom is 0.191 e. The summed E-state index contributed by atoms with van der Waals surface area (Å²) in [5.74, 6) is 1.24. The lowest BCUT2D eigenvalue weighted by Crippen LogP contribution is -2.47. The first-order chi connectivity index (χ1) is 10.0. The molecule has 1 saturated heterocycles. The van der Waals surface area contributed by atoms with Crippen LogP contribution in [-0.2, 0) is 5.60 Å². The van der Waals surface area contributed by atoms with E-state index in [1.807, 2.05) is 0 Å². The minimum Gasteiger partial charge on any atom is -0.466 e. The van der Waals surface area contributed by atoms with Crippen molar-refractivity contribution in [2.75, 3.05) is 33.7 Å². The Morgan fingerprint density at radius 1 is 1.57 bits per heavy atom. The number of likely N-dealkylation sites (tertiary alicyclic amines) is 1. The van der Waals surface area contributed by atoms with Crippen molar-refractivity contribution in [3.63, 3.8) is 0 Å². The normalized spacial score (nSPS) is 23.0. The molecule has 0 amide bonds. The molecule has 3 N–H and O–H groups in total. The van der Waals surface area contributed by atoms with E-state index in [0.29, 0.717) is 24.3 Å². The number of guanidine groups is 1. The van der Waals surface area contributed by atoms with Crippen molar-refractivity contribution in [3.8, 4) is 0 Å².